The number of ether oxygens (including phenoxy) is 1. The molecule has 1 aromatic carbocycles. The molecule has 7 heteroatoms. The number of benzene rings is 1. The zero-order chi connectivity index (χ0) is 14.8. The molecule has 1 N–H and O–H groups in total. The molecule has 0 spiro atoms. The van der Waals surface area contributed by atoms with Gasteiger partial charge in [0, 0.05) is 13.1 Å². The van der Waals surface area contributed by atoms with Crippen molar-refractivity contribution in [2.24, 2.45) is 0 Å². The van der Waals surface area contributed by atoms with Crippen molar-refractivity contribution < 1.29 is 9.13 Å². The number of nitrogens with one attached hydrogen (secondary N) is 1. The molecule has 1 atom stereocenters. The molecule has 5 nitrogen and oxygen atoms in total. The van der Waals surface area contributed by atoms with Gasteiger partial charge in [-0.2, -0.15) is 5.10 Å². The minimum Gasteiger partial charge on any atom is -0.370 e. The van der Waals surface area contributed by atoms with E-state index in [2.05, 4.69) is 10.2 Å². The quantitative estimate of drug-likeness (QED) is 0.923. The molecule has 0 saturated carbocycles. The first-order valence-electron chi connectivity index (χ1n) is 6.50. The van der Waals surface area contributed by atoms with Gasteiger partial charge in [0.2, 0.25) is 0 Å². The van der Waals surface area contributed by atoms with Crippen LogP contribution in [0.25, 0.3) is 0 Å². The minimum absolute atomic E-state index is 0.116. The first-order chi connectivity index (χ1) is 10.1. The Bertz CT molecular complexity index is 689. The molecule has 1 saturated heterocycles. The molecule has 0 aliphatic carbocycles. The number of hydrogen-bond acceptors (Lipinski definition) is 4. The van der Waals surface area contributed by atoms with Crippen LogP contribution in [0, 0.1) is 5.82 Å². The highest BCUT2D eigenvalue weighted by atomic mass is 35.5. The zero-order valence-electron chi connectivity index (χ0n) is 11.1. The standard InChI is InChI=1S/C14H13ClFN3O2/c15-13-11(7-17-18-14(13)20)19-5-6-21-12(8-19)9-1-3-10(16)4-2-9/h1-4,7,12H,5-6,8H2,(H,18,20). The van der Waals surface area contributed by atoms with Crippen molar-refractivity contribution in [2.45, 2.75) is 6.10 Å². The van der Waals surface area contributed by atoms with E-state index in [0.717, 1.165) is 5.56 Å². The van der Waals surface area contributed by atoms with Crippen molar-refractivity contribution in [3.05, 3.63) is 57.2 Å². The summed E-state index contributed by atoms with van der Waals surface area (Å²) in [5, 5.41) is 6.18. The molecule has 3 rings (SSSR count). The van der Waals surface area contributed by atoms with E-state index in [1.807, 2.05) is 4.90 Å². The second-order valence-electron chi connectivity index (χ2n) is 4.76. The van der Waals surface area contributed by atoms with Gasteiger partial charge in [-0.3, -0.25) is 4.79 Å². The first-order valence-corrected chi connectivity index (χ1v) is 6.88. The summed E-state index contributed by atoms with van der Waals surface area (Å²) in [7, 11) is 0. The molecule has 1 aliphatic heterocycles. The summed E-state index contributed by atoms with van der Waals surface area (Å²) < 4.78 is 18.7. The molecule has 1 aromatic heterocycles. The number of anilines is 1. The molecule has 1 unspecified atom stereocenters. The summed E-state index contributed by atoms with van der Waals surface area (Å²) in [4.78, 5) is 13.5. The Morgan fingerprint density at radius 1 is 1.38 bits per heavy atom. The summed E-state index contributed by atoms with van der Waals surface area (Å²) in [6.45, 7) is 1.63. The Hall–Kier alpha value is -1.92. The van der Waals surface area contributed by atoms with E-state index in [9.17, 15) is 9.18 Å². The van der Waals surface area contributed by atoms with Gasteiger partial charge in [0.15, 0.2) is 0 Å². The van der Waals surface area contributed by atoms with Crippen LogP contribution >= 0.6 is 11.6 Å². The van der Waals surface area contributed by atoms with Crippen molar-refractivity contribution >= 4 is 17.3 Å². The second kappa shape index (κ2) is 5.83. The lowest BCUT2D eigenvalue weighted by Crippen LogP contribution is -2.39. The van der Waals surface area contributed by atoms with E-state index in [1.165, 1.54) is 18.3 Å². The summed E-state index contributed by atoms with van der Waals surface area (Å²) >= 11 is 6.03. The van der Waals surface area contributed by atoms with Crippen molar-refractivity contribution in [2.75, 3.05) is 24.6 Å². The van der Waals surface area contributed by atoms with Gasteiger partial charge in [-0.05, 0) is 17.7 Å². The fourth-order valence-corrected chi connectivity index (χ4v) is 2.55. The largest absolute Gasteiger partial charge is 0.370 e. The van der Waals surface area contributed by atoms with Gasteiger partial charge in [-0.15, -0.1) is 0 Å². The molecule has 110 valence electrons. The predicted octanol–water partition coefficient (Wildman–Crippen LogP) is 2.14. The topological polar surface area (TPSA) is 58.2 Å². The van der Waals surface area contributed by atoms with E-state index in [0.29, 0.717) is 25.4 Å². The molecule has 2 aromatic rings. The maximum Gasteiger partial charge on any atom is 0.285 e. The average Bonchev–Trinajstić information content (AvgIpc) is 2.51. The second-order valence-corrected chi connectivity index (χ2v) is 5.13. The SMILES string of the molecule is O=c1[nH]ncc(N2CCOC(c3ccc(F)cc3)C2)c1Cl. The maximum atomic E-state index is 13.0. The maximum absolute atomic E-state index is 13.0. The Balaban J connectivity index is 1.84. The first kappa shape index (κ1) is 14.0. The van der Waals surface area contributed by atoms with Crippen LogP contribution in [0.4, 0.5) is 10.1 Å². The van der Waals surface area contributed by atoms with Gasteiger partial charge < -0.3 is 9.64 Å². The number of rotatable bonds is 2. The van der Waals surface area contributed by atoms with Gasteiger partial charge in [0.25, 0.3) is 5.56 Å². The number of aromatic nitrogens is 2. The lowest BCUT2D eigenvalue weighted by atomic mass is 10.1. The Labute approximate surface area is 125 Å². The zero-order valence-corrected chi connectivity index (χ0v) is 11.8. The lowest BCUT2D eigenvalue weighted by molar-refractivity contribution is 0.0397. The monoisotopic (exact) mass is 309 g/mol. The molecule has 2 heterocycles. The highest BCUT2D eigenvalue weighted by molar-refractivity contribution is 6.32. The predicted molar refractivity (Wildman–Crippen MR) is 77.2 cm³/mol. The van der Waals surface area contributed by atoms with E-state index < -0.39 is 5.56 Å². The average molecular weight is 310 g/mol. The van der Waals surface area contributed by atoms with Crippen LogP contribution in [0.2, 0.25) is 5.02 Å². The van der Waals surface area contributed by atoms with Crippen LogP contribution in [0.15, 0.2) is 35.3 Å². The third-order valence-corrected chi connectivity index (χ3v) is 3.79. The van der Waals surface area contributed by atoms with Gasteiger partial charge in [0.1, 0.15) is 16.9 Å². The van der Waals surface area contributed by atoms with Crippen LogP contribution in [0.3, 0.4) is 0 Å². The summed E-state index contributed by atoms with van der Waals surface area (Å²) in [5.41, 5.74) is 1.05. The minimum atomic E-state index is -0.418. The van der Waals surface area contributed by atoms with Crippen LogP contribution in [-0.4, -0.2) is 29.9 Å². The van der Waals surface area contributed by atoms with E-state index in [-0.39, 0.29) is 16.9 Å². The molecular formula is C14H13ClFN3O2. The van der Waals surface area contributed by atoms with Gasteiger partial charge >= 0.3 is 0 Å². The summed E-state index contributed by atoms with van der Waals surface area (Å²) in [6, 6.07) is 6.20. The van der Waals surface area contributed by atoms with Crippen molar-refractivity contribution in [3.63, 3.8) is 0 Å². The third-order valence-electron chi connectivity index (χ3n) is 3.43. The van der Waals surface area contributed by atoms with Gasteiger partial charge in [-0.1, -0.05) is 23.7 Å². The molecule has 0 bridgehead atoms. The Morgan fingerprint density at radius 2 is 2.14 bits per heavy atom. The molecular weight excluding hydrogens is 297 g/mol. The fraction of sp³-hybridized carbons (Fsp3) is 0.286. The normalized spacial score (nSPS) is 18.8. The van der Waals surface area contributed by atoms with Gasteiger partial charge in [0.05, 0.1) is 18.5 Å². The van der Waals surface area contributed by atoms with Crippen molar-refractivity contribution in [3.8, 4) is 0 Å². The van der Waals surface area contributed by atoms with E-state index in [1.54, 1.807) is 12.1 Å². The smallest absolute Gasteiger partial charge is 0.285 e. The number of nitrogens with zero attached hydrogens (tertiary/aromatic N) is 2. The number of H-pyrrole nitrogens is 1. The number of morpholine rings is 1. The molecule has 0 radical (unpaired) electrons. The van der Waals surface area contributed by atoms with Crippen LogP contribution in [0.1, 0.15) is 11.7 Å². The number of aromatic amines is 1. The molecule has 1 aliphatic rings. The summed E-state index contributed by atoms with van der Waals surface area (Å²) in [6.07, 6.45) is 1.33. The van der Waals surface area contributed by atoms with Crippen LogP contribution < -0.4 is 10.5 Å². The number of halogens is 2. The van der Waals surface area contributed by atoms with Crippen molar-refractivity contribution in [1.29, 1.82) is 0 Å². The van der Waals surface area contributed by atoms with E-state index >= 15 is 0 Å². The lowest BCUT2D eigenvalue weighted by Gasteiger charge is -2.34. The van der Waals surface area contributed by atoms with Crippen LogP contribution in [-0.2, 0) is 4.74 Å². The Morgan fingerprint density at radius 3 is 2.90 bits per heavy atom. The molecule has 0 amide bonds. The van der Waals surface area contributed by atoms with Crippen LogP contribution in [0.5, 0.6) is 0 Å². The number of hydrogen-bond donors (Lipinski definition) is 1. The highest BCUT2D eigenvalue weighted by Crippen LogP contribution is 2.28. The summed E-state index contributed by atoms with van der Waals surface area (Å²) in [5.74, 6) is -0.284. The molecule has 21 heavy (non-hydrogen) atoms. The molecule has 1 fully saturated rings. The highest BCUT2D eigenvalue weighted by Gasteiger charge is 2.24. The van der Waals surface area contributed by atoms with Gasteiger partial charge in [-0.25, -0.2) is 9.49 Å². The van der Waals surface area contributed by atoms with E-state index in [4.69, 9.17) is 16.3 Å². The van der Waals surface area contributed by atoms with Crippen molar-refractivity contribution in [1.82, 2.24) is 10.2 Å². The fourth-order valence-electron chi connectivity index (χ4n) is 2.34. The Kier molecular flexibility index (Phi) is 3.90. The third kappa shape index (κ3) is 2.91.